The Balaban J connectivity index is 1.62. The van der Waals surface area contributed by atoms with Crippen molar-refractivity contribution >= 4 is 17.1 Å². The largest absolute Gasteiger partial charge is 0.493 e. The Kier molecular flexibility index (Phi) is 6.40. The van der Waals surface area contributed by atoms with E-state index in [0.717, 1.165) is 65.6 Å². The molecular weight excluding hydrogens is 448 g/mol. The Hall–Kier alpha value is -2.77. The van der Waals surface area contributed by atoms with Gasteiger partial charge in [0.1, 0.15) is 10.8 Å². The molecule has 2 aliphatic heterocycles. The molecule has 1 fully saturated rings. The van der Waals surface area contributed by atoms with E-state index in [0.29, 0.717) is 18.4 Å². The van der Waals surface area contributed by atoms with Crippen LogP contribution in [0.25, 0.3) is 21.8 Å². The lowest BCUT2D eigenvalue weighted by Crippen LogP contribution is -2.28. The zero-order chi connectivity index (χ0) is 23.8. The number of thiazole rings is 1. The maximum Gasteiger partial charge on any atom is 0.192 e. The smallest absolute Gasteiger partial charge is 0.192 e. The SMILES string of the molecule is CC(=O)c1cn2c(cc1=O)-c1cc(-c3nccs3)c(OCC3CCOCC3)cc1CC2C(C)C. The second-order valence-electron chi connectivity index (χ2n) is 9.63. The molecule has 2 aromatic heterocycles. The molecular formula is C27H30N2O4S. The normalized spacial score (nSPS) is 17.9. The molecule has 0 radical (unpaired) electrons. The molecule has 7 heteroatoms. The van der Waals surface area contributed by atoms with Crippen LogP contribution in [0.3, 0.4) is 0 Å². The Morgan fingerprint density at radius 2 is 2.03 bits per heavy atom. The molecule has 0 N–H and O–H groups in total. The van der Waals surface area contributed by atoms with Crippen LogP contribution >= 0.6 is 11.3 Å². The summed E-state index contributed by atoms with van der Waals surface area (Å²) in [6, 6.07) is 6.03. The number of Topliss-reactive ketones (excluding diaryl/α,β-unsaturated/α-hetero) is 1. The summed E-state index contributed by atoms with van der Waals surface area (Å²) in [6.07, 6.45) is 6.40. The summed E-state index contributed by atoms with van der Waals surface area (Å²) in [5, 5.41) is 2.86. The van der Waals surface area contributed by atoms with Crippen LogP contribution in [0.4, 0.5) is 0 Å². The molecule has 0 spiro atoms. The molecule has 0 saturated carbocycles. The highest BCUT2D eigenvalue weighted by Crippen LogP contribution is 2.43. The summed E-state index contributed by atoms with van der Waals surface area (Å²) in [5.74, 6) is 1.47. The van der Waals surface area contributed by atoms with Gasteiger partial charge in [0.15, 0.2) is 11.2 Å². The number of fused-ring (bicyclic) bond motifs is 3. The maximum absolute atomic E-state index is 12.8. The van der Waals surface area contributed by atoms with Crippen molar-refractivity contribution in [3.05, 3.63) is 57.3 Å². The maximum atomic E-state index is 12.8. The van der Waals surface area contributed by atoms with E-state index in [9.17, 15) is 9.59 Å². The first-order valence-electron chi connectivity index (χ1n) is 12.0. The first kappa shape index (κ1) is 23.0. The van der Waals surface area contributed by atoms with E-state index in [2.05, 4.69) is 35.5 Å². The molecule has 5 rings (SSSR count). The number of pyridine rings is 1. The molecule has 0 bridgehead atoms. The van der Waals surface area contributed by atoms with Crippen LogP contribution in [-0.4, -0.2) is 35.2 Å². The summed E-state index contributed by atoms with van der Waals surface area (Å²) < 4.78 is 14.0. The van der Waals surface area contributed by atoms with E-state index in [1.165, 1.54) is 6.92 Å². The minimum atomic E-state index is -0.232. The highest BCUT2D eigenvalue weighted by atomic mass is 32.1. The quantitative estimate of drug-likeness (QED) is 0.444. The number of hydrogen-bond acceptors (Lipinski definition) is 6. The molecule has 0 amide bonds. The molecule has 0 aliphatic carbocycles. The molecule has 1 aromatic carbocycles. The van der Waals surface area contributed by atoms with Gasteiger partial charge in [-0.15, -0.1) is 11.3 Å². The van der Waals surface area contributed by atoms with Crippen LogP contribution < -0.4 is 10.2 Å². The van der Waals surface area contributed by atoms with Gasteiger partial charge in [-0.25, -0.2) is 4.98 Å². The predicted molar refractivity (Wildman–Crippen MR) is 134 cm³/mol. The fraction of sp³-hybridized carbons (Fsp3) is 0.444. The fourth-order valence-corrected chi connectivity index (χ4v) is 5.64. The van der Waals surface area contributed by atoms with Crippen LogP contribution in [0.1, 0.15) is 55.6 Å². The average molecular weight is 479 g/mol. The molecule has 1 atom stereocenters. The molecule has 178 valence electrons. The molecule has 3 aromatic rings. The highest BCUT2D eigenvalue weighted by molar-refractivity contribution is 7.13. The van der Waals surface area contributed by atoms with Crippen molar-refractivity contribution < 1.29 is 14.3 Å². The van der Waals surface area contributed by atoms with Gasteiger partial charge in [-0.05, 0) is 55.7 Å². The van der Waals surface area contributed by atoms with Crippen LogP contribution in [0.5, 0.6) is 5.75 Å². The van der Waals surface area contributed by atoms with Crippen molar-refractivity contribution in [3.63, 3.8) is 0 Å². The summed E-state index contributed by atoms with van der Waals surface area (Å²) in [6.45, 7) is 8.05. The van der Waals surface area contributed by atoms with Gasteiger partial charge in [0.2, 0.25) is 0 Å². The van der Waals surface area contributed by atoms with Crippen LogP contribution in [-0.2, 0) is 11.2 Å². The molecule has 2 aliphatic rings. The van der Waals surface area contributed by atoms with Gasteiger partial charge in [0.05, 0.1) is 23.4 Å². The minimum Gasteiger partial charge on any atom is -0.493 e. The van der Waals surface area contributed by atoms with Crippen LogP contribution in [0, 0.1) is 11.8 Å². The fourth-order valence-electron chi connectivity index (χ4n) is 4.98. The third kappa shape index (κ3) is 4.34. The number of rotatable bonds is 6. The Labute approximate surface area is 203 Å². The average Bonchev–Trinajstić information content (AvgIpc) is 3.36. The van der Waals surface area contributed by atoms with Crippen LogP contribution in [0.15, 0.2) is 40.8 Å². The second-order valence-corrected chi connectivity index (χ2v) is 10.5. The third-order valence-corrected chi connectivity index (χ3v) is 7.78. The summed E-state index contributed by atoms with van der Waals surface area (Å²) in [5.41, 5.74) is 3.98. The van der Waals surface area contributed by atoms with Gasteiger partial charge in [0.25, 0.3) is 0 Å². The lowest BCUT2D eigenvalue weighted by molar-refractivity contribution is 0.0498. The Bertz CT molecular complexity index is 1260. The van der Waals surface area contributed by atoms with Gasteiger partial charge in [-0.1, -0.05) is 13.8 Å². The first-order valence-corrected chi connectivity index (χ1v) is 12.8. The topological polar surface area (TPSA) is 70.4 Å². The van der Waals surface area contributed by atoms with Gasteiger partial charge in [-0.2, -0.15) is 0 Å². The van der Waals surface area contributed by atoms with E-state index in [-0.39, 0.29) is 22.8 Å². The molecule has 4 heterocycles. The van der Waals surface area contributed by atoms with Crippen LogP contribution in [0.2, 0.25) is 0 Å². The Morgan fingerprint density at radius 3 is 2.71 bits per heavy atom. The van der Waals surface area contributed by atoms with E-state index < -0.39 is 0 Å². The van der Waals surface area contributed by atoms with Crippen molar-refractivity contribution in [2.24, 2.45) is 11.8 Å². The highest BCUT2D eigenvalue weighted by Gasteiger charge is 2.29. The number of ether oxygens (including phenoxy) is 2. The van der Waals surface area contributed by atoms with Crippen molar-refractivity contribution in [3.8, 4) is 27.6 Å². The number of aromatic nitrogens is 2. The van der Waals surface area contributed by atoms with Gasteiger partial charge < -0.3 is 14.0 Å². The minimum absolute atomic E-state index is 0.148. The monoisotopic (exact) mass is 478 g/mol. The van der Waals surface area contributed by atoms with E-state index >= 15 is 0 Å². The molecule has 6 nitrogen and oxygen atoms in total. The lowest BCUT2D eigenvalue weighted by atomic mass is 9.86. The number of nitrogens with zero attached hydrogens (tertiary/aromatic N) is 2. The zero-order valence-corrected chi connectivity index (χ0v) is 20.7. The van der Waals surface area contributed by atoms with Gasteiger partial charge in [-0.3, -0.25) is 9.59 Å². The molecule has 34 heavy (non-hydrogen) atoms. The van der Waals surface area contributed by atoms with Gasteiger partial charge in [0, 0.05) is 48.7 Å². The number of carbonyl (C=O) groups excluding carboxylic acids is 1. The van der Waals surface area contributed by atoms with Crippen molar-refractivity contribution in [1.82, 2.24) is 9.55 Å². The number of benzene rings is 1. The van der Waals surface area contributed by atoms with E-state index in [1.54, 1.807) is 29.8 Å². The number of hydrogen-bond donors (Lipinski definition) is 0. The number of ketones is 1. The van der Waals surface area contributed by atoms with Gasteiger partial charge >= 0.3 is 0 Å². The predicted octanol–water partition coefficient (Wildman–Crippen LogP) is 5.40. The zero-order valence-electron chi connectivity index (χ0n) is 19.9. The third-order valence-electron chi connectivity index (χ3n) is 6.97. The number of carbonyl (C=O) groups is 1. The van der Waals surface area contributed by atoms with Crippen molar-refractivity contribution in [1.29, 1.82) is 0 Å². The summed E-state index contributed by atoms with van der Waals surface area (Å²) in [4.78, 5) is 29.4. The van der Waals surface area contributed by atoms with E-state index in [4.69, 9.17) is 9.47 Å². The lowest BCUT2D eigenvalue weighted by Gasteiger charge is -2.34. The first-order chi connectivity index (χ1) is 16.4. The molecule has 1 unspecified atom stereocenters. The second kappa shape index (κ2) is 9.47. The molecule has 1 saturated heterocycles. The summed E-state index contributed by atoms with van der Waals surface area (Å²) in [7, 11) is 0. The van der Waals surface area contributed by atoms with Crippen molar-refractivity contribution in [2.75, 3.05) is 19.8 Å². The standard InChI is InChI=1S/C27H30N2O4S/c1-16(2)23-10-19-11-26(33-15-18-4-7-32-8-5-18)21(27-28-6-9-34-27)12-20(19)24-13-25(31)22(17(3)30)14-29(23)24/h6,9,11-14,16,18,23H,4-5,7-8,10,15H2,1-3H3. The summed E-state index contributed by atoms with van der Waals surface area (Å²) >= 11 is 1.57. The van der Waals surface area contributed by atoms with E-state index in [1.807, 2.05) is 5.38 Å². The van der Waals surface area contributed by atoms with Crippen molar-refractivity contribution in [2.45, 2.75) is 46.1 Å². The Morgan fingerprint density at radius 1 is 1.24 bits per heavy atom.